The van der Waals surface area contributed by atoms with Gasteiger partial charge in [-0.1, -0.05) is 23.7 Å². The molecular weight excluding hydrogens is 422 g/mol. The van der Waals surface area contributed by atoms with E-state index in [-0.39, 0.29) is 11.8 Å². The van der Waals surface area contributed by atoms with Gasteiger partial charge in [0.25, 0.3) is 0 Å². The highest BCUT2D eigenvalue weighted by molar-refractivity contribution is 6.33. The number of aromatic nitrogens is 2. The van der Waals surface area contributed by atoms with Gasteiger partial charge in [-0.2, -0.15) is 0 Å². The molecule has 0 bridgehead atoms. The number of H-pyrrole nitrogens is 1. The van der Waals surface area contributed by atoms with Gasteiger partial charge in [-0.3, -0.25) is 4.79 Å². The first-order valence-corrected chi connectivity index (χ1v) is 11.7. The zero-order valence-corrected chi connectivity index (χ0v) is 19.9. The van der Waals surface area contributed by atoms with E-state index in [1.165, 1.54) is 0 Å². The number of fused-ring (bicyclic) bond motifs is 1. The molecule has 2 heterocycles. The highest BCUT2D eigenvalue weighted by Crippen LogP contribution is 2.33. The fraction of sp³-hybridized carbons (Fsp3) is 0.440. The Morgan fingerprint density at radius 3 is 2.78 bits per heavy atom. The van der Waals surface area contributed by atoms with Crippen LogP contribution >= 0.6 is 11.6 Å². The summed E-state index contributed by atoms with van der Waals surface area (Å²) >= 11 is 6.55. The lowest BCUT2D eigenvalue weighted by molar-refractivity contribution is -0.134. The predicted molar refractivity (Wildman–Crippen MR) is 132 cm³/mol. The van der Waals surface area contributed by atoms with Gasteiger partial charge in [-0.25, -0.2) is 4.98 Å². The van der Waals surface area contributed by atoms with E-state index in [2.05, 4.69) is 34.9 Å². The molecule has 1 atom stereocenters. The highest BCUT2D eigenvalue weighted by Gasteiger charge is 2.28. The topological polar surface area (TPSA) is 55.5 Å². The third-order valence-electron chi connectivity index (χ3n) is 6.21. The zero-order valence-electron chi connectivity index (χ0n) is 19.1. The molecule has 1 aliphatic heterocycles. The van der Waals surface area contributed by atoms with E-state index in [9.17, 15) is 4.79 Å². The molecule has 0 spiro atoms. The van der Waals surface area contributed by atoms with Crippen molar-refractivity contribution in [1.29, 1.82) is 0 Å². The Morgan fingerprint density at radius 1 is 1.19 bits per heavy atom. The van der Waals surface area contributed by atoms with Crippen LogP contribution in [0.2, 0.25) is 5.02 Å². The smallest absolute Gasteiger partial charge is 0.227 e. The molecule has 4 rings (SSSR count). The van der Waals surface area contributed by atoms with E-state index in [4.69, 9.17) is 16.6 Å². The number of benzene rings is 2. The van der Waals surface area contributed by atoms with Crippen LogP contribution in [0.1, 0.15) is 19.3 Å². The molecule has 7 heteroatoms. The Kier molecular flexibility index (Phi) is 7.01. The molecule has 1 aromatic heterocycles. The average molecular weight is 454 g/mol. The van der Waals surface area contributed by atoms with Crippen molar-refractivity contribution in [1.82, 2.24) is 19.8 Å². The number of carbonyl (C=O) groups is 1. The first-order chi connectivity index (χ1) is 15.4. The number of nitrogens with zero attached hydrogens (tertiary/aromatic N) is 4. The van der Waals surface area contributed by atoms with Crippen LogP contribution in [0.15, 0.2) is 42.5 Å². The fourth-order valence-corrected chi connectivity index (χ4v) is 4.64. The van der Waals surface area contributed by atoms with Crippen molar-refractivity contribution in [3.8, 4) is 11.4 Å². The number of hydrogen-bond acceptors (Lipinski definition) is 4. The third kappa shape index (κ3) is 5.08. The Labute approximate surface area is 195 Å². The zero-order chi connectivity index (χ0) is 22.7. The number of halogens is 1. The van der Waals surface area contributed by atoms with Crippen LogP contribution in [-0.4, -0.2) is 73.0 Å². The van der Waals surface area contributed by atoms with Crippen LogP contribution in [0.3, 0.4) is 0 Å². The molecule has 170 valence electrons. The summed E-state index contributed by atoms with van der Waals surface area (Å²) in [4.78, 5) is 27.5. The van der Waals surface area contributed by atoms with E-state index >= 15 is 0 Å². The summed E-state index contributed by atoms with van der Waals surface area (Å²) in [6.07, 6.45) is 2.94. The maximum absolute atomic E-state index is 13.0. The first-order valence-electron chi connectivity index (χ1n) is 11.3. The van der Waals surface area contributed by atoms with Crippen LogP contribution in [0.25, 0.3) is 22.4 Å². The van der Waals surface area contributed by atoms with Crippen LogP contribution in [0.5, 0.6) is 0 Å². The van der Waals surface area contributed by atoms with E-state index in [0.717, 1.165) is 73.6 Å². The lowest BCUT2D eigenvalue weighted by Crippen LogP contribution is -2.44. The second-order valence-electron chi connectivity index (χ2n) is 8.97. The van der Waals surface area contributed by atoms with Crippen LogP contribution in [0, 0.1) is 5.92 Å². The summed E-state index contributed by atoms with van der Waals surface area (Å²) in [5.74, 6) is 1.04. The minimum absolute atomic E-state index is 0.0263. The van der Waals surface area contributed by atoms with Crippen LogP contribution < -0.4 is 4.90 Å². The number of nitrogens with one attached hydrogen (secondary N) is 1. The summed E-state index contributed by atoms with van der Waals surface area (Å²) in [5, 5.41) is 0.665. The molecule has 1 aliphatic rings. The van der Waals surface area contributed by atoms with Crippen LogP contribution in [-0.2, 0) is 4.79 Å². The minimum Gasteiger partial charge on any atom is -0.371 e. The van der Waals surface area contributed by atoms with Gasteiger partial charge in [0.15, 0.2) is 0 Å². The molecule has 1 fully saturated rings. The van der Waals surface area contributed by atoms with Crippen molar-refractivity contribution in [2.45, 2.75) is 19.3 Å². The second-order valence-corrected chi connectivity index (χ2v) is 9.38. The summed E-state index contributed by atoms with van der Waals surface area (Å²) in [5.41, 5.74) is 3.88. The van der Waals surface area contributed by atoms with Gasteiger partial charge < -0.3 is 19.7 Å². The maximum Gasteiger partial charge on any atom is 0.227 e. The van der Waals surface area contributed by atoms with Gasteiger partial charge in [-0.05, 0) is 70.2 Å². The first kappa shape index (κ1) is 22.6. The SMILES string of the molecule is CN(C)CCCN(C)C(=O)[C@H]1CCCN(c2ccc(Cl)c(-c3nc4ccccc4[nH]3)c2)C1. The molecule has 1 amide bonds. The number of rotatable bonds is 7. The number of piperidine rings is 1. The number of anilines is 1. The standard InChI is InChI=1S/C25H32ClN5O/c1-29(2)13-7-14-30(3)25(32)18-8-6-15-31(17-18)19-11-12-21(26)20(16-19)24-27-22-9-4-5-10-23(22)28-24/h4-5,9-12,16,18H,6-8,13-15,17H2,1-3H3,(H,27,28)/t18-/m0/s1. The maximum atomic E-state index is 13.0. The molecule has 6 nitrogen and oxygen atoms in total. The summed E-state index contributed by atoms with van der Waals surface area (Å²) < 4.78 is 0. The predicted octanol–water partition coefficient (Wildman–Crippen LogP) is 4.51. The number of aromatic amines is 1. The molecule has 2 aromatic carbocycles. The van der Waals surface area contributed by atoms with Gasteiger partial charge in [0, 0.05) is 37.9 Å². The quantitative estimate of drug-likeness (QED) is 0.571. The average Bonchev–Trinajstić information content (AvgIpc) is 3.22. The lowest BCUT2D eigenvalue weighted by Gasteiger charge is -2.35. The third-order valence-corrected chi connectivity index (χ3v) is 6.53. The van der Waals surface area contributed by atoms with Gasteiger partial charge in [-0.15, -0.1) is 0 Å². The van der Waals surface area contributed by atoms with Gasteiger partial charge in [0.05, 0.1) is 22.0 Å². The molecule has 32 heavy (non-hydrogen) atoms. The van der Waals surface area contributed by atoms with Crippen molar-refractivity contribution >= 4 is 34.2 Å². The van der Waals surface area contributed by atoms with Crippen LogP contribution in [0.4, 0.5) is 5.69 Å². The summed E-state index contributed by atoms with van der Waals surface area (Å²) in [6.45, 7) is 3.46. The van der Waals surface area contributed by atoms with Gasteiger partial charge in [0.2, 0.25) is 5.91 Å². The largest absolute Gasteiger partial charge is 0.371 e. The molecule has 0 unspecified atom stereocenters. The second kappa shape index (κ2) is 9.92. The van der Waals surface area contributed by atoms with Crippen molar-refractivity contribution in [2.75, 3.05) is 52.2 Å². The number of amides is 1. The normalized spacial score (nSPS) is 16.7. The number of para-hydroxylation sites is 2. The molecule has 1 saturated heterocycles. The Bertz CT molecular complexity index is 1050. The van der Waals surface area contributed by atoms with Crippen molar-refractivity contribution in [2.24, 2.45) is 5.92 Å². The van der Waals surface area contributed by atoms with E-state index < -0.39 is 0 Å². The highest BCUT2D eigenvalue weighted by atomic mass is 35.5. The number of hydrogen-bond donors (Lipinski definition) is 1. The van der Waals surface area contributed by atoms with Crippen molar-refractivity contribution < 1.29 is 4.79 Å². The van der Waals surface area contributed by atoms with E-state index in [1.807, 2.05) is 48.3 Å². The number of imidazole rings is 1. The lowest BCUT2D eigenvalue weighted by atomic mass is 9.95. The van der Waals surface area contributed by atoms with Gasteiger partial charge in [0.1, 0.15) is 5.82 Å². The van der Waals surface area contributed by atoms with E-state index in [1.54, 1.807) is 0 Å². The molecular formula is C25H32ClN5O. The minimum atomic E-state index is 0.0263. The molecule has 1 N–H and O–H groups in total. The Morgan fingerprint density at radius 2 is 2.00 bits per heavy atom. The summed E-state index contributed by atoms with van der Waals surface area (Å²) in [7, 11) is 6.05. The Balaban J connectivity index is 1.48. The monoisotopic (exact) mass is 453 g/mol. The molecule has 3 aromatic rings. The Hall–Kier alpha value is -2.57. The van der Waals surface area contributed by atoms with E-state index in [0.29, 0.717) is 5.02 Å². The van der Waals surface area contributed by atoms with Crippen molar-refractivity contribution in [3.05, 3.63) is 47.5 Å². The van der Waals surface area contributed by atoms with Crippen molar-refractivity contribution in [3.63, 3.8) is 0 Å². The molecule has 0 radical (unpaired) electrons. The fourth-order valence-electron chi connectivity index (χ4n) is 4.43. The summed E-state index contributed by atoms with van der Waals surface area (Å²) in [6, 6.07) is 14.0. The number of carbonyl (C=O) groups excluding carboxylic acids is 1. The molecule has 0 aliphatic carbocycles. The van der Waals surface area contributed by atoms with Gasteiger partial charge >= 0.3 is 0 Å². The molecule has 0 saturated carbocycles.